The van der Waals surface area contributed by atoms with Gasteiger partial charge in [-0.15, -0.1) is 6.58 Å². The Hall–Kier alpha value is -1.81. The lowest BCUT2D eigenvalue weighted by molar-refractivity contribution is 0.604. The van der Waals surface area contributed by atoms with E-state index in [2.05, 4.69) is 53.3 Å². The maximum atomic E-state index is 6.29. The number of fused-ring (bicyclic) bond motifs is 1. The van der Waals surface area contributed by atoms with Crippen LogP contribution in [0.5, 0.6) is 0 Å². The fourth-order valence-electron chi connectivity index (χ4n) is 2.30. The summed E-state index contributed by atoms with van der Waals surface area (Å²) in [5, 5.41) is 1.35. The van der Waals surface area contributed by atoms with Crippen molar-refractivity contribution < 1.29 is 0 Å². The molecule has 0 amide bonds. The zero-order valence-electron chi connectivity index (χ0n) is 14.1. The van der Waals surface area contributed by atoms with Crippen molar-refractivity contribution in [3.05, 3.63) is 35.8 Å². The highest BCUT2D eigenvalue weighted by molar-refractivity contribution is 6.34. The Labute approximate surface area is 137 Å². The molecule has 5 heteroatoms. The molecule has 0 radical (unpaired) electrons. The summed E-state index contributed by atoms with van der Waals surface area (Å²) < 4.78 is 0. The molecule has 22 heavy (non-hydrogen) atoms. The second kappa shape index (κ2) is 5.76. The molecule has 1 aromatic carbocycles. The molecular formula is C17H23ClN4. The first-order valence-electron chi connectivity index (χ1n) is 7.20. The van der Waals surface area contributed by atoms with Crippen LogP contribution < -0.4 is 9.80 Å². The second-order valence-electron chi connectivity index (χ2n) is 6.23. The van der Waals surface area contributed by atoms with E-state index < -0.39 is 0 Å². The van der Waals surface area contributed by atoms with Crippen LogP contribution in [0.2, 0.25) is 5.15 Å². The van der Waals surface area contributed by atoms with Gasteiger partial charge < -0.3 is 9.80 Å². The molecule has 2 aromatic rings. The van der Waals surface area contributed by atoms with Gasteiger partial charge in [0.2, 0.25) is 0 Å². The Morgan fingerprint density at radius 2 is 1.77 bits per heavy atom. The number of aryl methyl sites for hydroxylation is 1. The third kappa shape index (κ3) is 2.88. The molecule has 1 aromatic heterocycles. The Morgan fingerprint density at radius 1 is 1.14 bits per heavy atom. The SMILES string of the molecule is C=CC(C)(C)N(C)c1cc2nc(C)nc(Cl)c2cc1N(C)C. The van der Waals surface area contributed by atoms with Crippen molar-refractivity contribution in [3.8, 4) is 0 Å². The van der Waals surface area contributed by atoms with E-state index in [4.69, 9.17) is 11.6 Å². The first kappa shape index (κ1) is 16.6. The van der Waals surface area contributed by atoms with Gasteiger partial charge in [-0.05, 0) is 32.9 Å². The third-order valence-corrected chi connectivity index (χ3v) is 4.35. The van der Waals surface area contributed by atoms with E-state index in [1.54, 1.807) is 0 Å². The molecular weight excluding hydrogens is 296 g/mol. The van der Waals surface area contributed by atoms with Crippen LogP contribution in [0, 0.1) is 6.92 Å². The summed E-state index contributed by atoms with van der Waals surface area (Å²) >= 11 is 6.29. The number of halogens is 1. The van der Waals surface area contributed by atoms with E-state index >= 15 is 0 Å². The van der Waals surface area contributed by atoms with Gasteiger partial charge in [0.1, 0.15) is 11.0 Å². The molecule has 2 rings (SSSR count). The lowest BCUT2D eigenvalue weighted by Crippen LogP contribution is -2.39. The molecule has 0 spiro atoms. The molecule has 0 saturated carbocycles. The highest BCUT2D eigenvalue weighted by Gasteiger charge is 2.23. The quantitative estimate of drug-likeness (QED) is 0.628. The zero-order chi connectivity index (χ0) is 16.7. The molecule has 1 heterocycles. The molecule has 0 saturated heterocycles. The van der Waals surface area contributed by atoms with Gasteiger partial charge in [-0.1, -0.05) is 17.7 Å². The normalized spacial score (nSPS) is 11.6. The van der Waals surface area contributed by atoms with Crippen LogP contribution in [0.25, 0.3) is 10.9 Å². The van der Waals surface area contributed by atoms with Crippen molar-refractivity contribution in [2.75, 3.05) is 30.9 Å². The average molecular weight is 319 g/mol. The number of nitrogens with zero attached hydrogens (tertiary/aromatic N) is 4. The Bertz CT molecular complexity index is 722. The predicted molar refractivity (Wildman–Crippen MR) is 96.3 cm³/mol. The smallest absolute Gasteiger partial charge is 0.140 e. The van der Waals surface area contributed by atoms with Crippen LogP contribution in [0.15, 0.2) is 24.8 Å². The van der Waals surface area contributed by atoms with E-state index in [-0.39, 0.29) is 5.54 Å². The van der Waals surface area contributed by atoms with Crippen molar-refractivity contribution >= 4 is 33.9 Å². The molecule has 0 N–H and O–H groups in total. The number of hydrogen-bond acceptors (Lipinski definition) is 4. The second-order valence-corrected chi connectivity index (χ2v) is 6.59. The molecule has 118 valence electrons. The van der Waals surface area contributed by atoms with Gasteiger partial charge in [-0.25, -0.2) is 9.97 Å². The molecule has 0 fully saturated rings. The van der Waals surface area contributed by atoms with Crippen molar-refractivity contribution in [1.29, 1.82) is 0 Å². The lowest BCUT2D eigenvalue weighted by Gasteiger charge is -2.37. The summed E-state index contributed by atoms with van der Waals surface area (Å²) in [4.78, 5) is 13.0. The Balaban J connectivity index is 2.76. The Morgan fingerprint density at radius 3 is 2.32 bits per heavy atom. The molecule has 0 unspecified atom stereocenters. The number of benzene rings is 1. The fraction of sp³-hybridized carbons (Fsp3) is 0.412. The molecule has 0 aliphatic carbocycles. The summed E-state index contributed by atoms with van der Waals surface area (Å²) in [7, 11) is 6.09. The predicted octanol–water partition coefficient (Wildman–Crippen LogP) is 4.06. The number of anilines is 2. The minimum Gasteiger partial charge on any atom is -0.376 e. The van der Waals surface area contributed by atoms with E-state index in [0.29, 0.717) is 11.0 Å². The van der Waals surface area contributed by atoms with Crippen LogP contribution in [0.1, 0.15) is 19.7 Å². The van der Waals surface area contributed by atoms with Crippen molar-refractivity contribution in [1.82, 2.24) is 9.97 Å². The number of hydrogen-bond donors (Lipinski definition) is 0. The van der Waals surface area contributed by atoms with Gasteiger partial charge in [0.05, 0.1) is 22.4 Å². The standard InChI is InChI=1S/C17H23ClN4/c1-8-17(3,4)22(7)15-10-13-12(9-14(15)21(5)6)16(18)20-11(2)19-13/h8-10H,1H2,2-7H3. The summed E-state index contributed by atoms with van der Waals surface area (Å²) in [6.07, 6.45) is 1.94. The Kier molecular flexibility index (Phi) is 4.34. The molecule has 0 atom stereocenters. The van der Waals surface area contributed by atoms with Gasteiger partial charge >= 0.3 is 0 Å². The summed E-state index contributed by atoms with van der Waals surface area (Å²) in [6.45, 7) is 10.0. The summed E-state index contributed by atoms with van der Waals surface area (Å²) in [5.74, 6) is 0.673. The number of aromatic nitrogens is 2. The van der Waals surface area contributed by atoms with Crippen LogP contribution >= 0.6 is 11.6 Å². The van der Waals surface area contributed by atoms with Crippen molar-refractivity contribution in [3.63, 3.8) is 0 Å². The minimum absolute atomic E-state index is 0.176. The lowest BCUT2D eigenvalue weighted by atomic mass is 10.0. The molecule has 4 nitrogen and oxygen atoms in total. The third-order valence-electron chi connectivity index (χ3n) is 4.06. The monoisotopic (exact) mass is 318 g/mol. The van der Waals surface area contributed by atoms with E-state index in [9.17, 15) is 0 Å². The zero-order valence-corrected chi connectivity index (χ0v) is 14.9. The maximum Gasteiger partial charge on any atom is 0.140 e. The van der Waals surface area contributed by atoms with Gasteiger partial charge in [0, 0.05) is 26.5 Å². The van der Waals surface area contributed by atoms with Gasteiger partial charge in [0.25, 0.3) is 0 Å². The van der Waals surface area contributed by atoms with Crippen molar-refractivity contribution in [2.45, 2.75) is 26.3 Å². The number of rotatable bonds is 4. The first-order chi connectivity index (χ1) is 10.2. The molecule has 0 aliphatic rings. The highest BCUT2D eigenvalue weighted by Crippen LogP contribution is 2.37. The maximum absolute atomic E-state index is 6.29. The van der Waals surface area contributed by atoms with Crippen LogP contribution in [0.4, 0.5) is 11.4 Å². The highest BCUT2D eigenvalue weighted by atomic mass is 35.5. The number of likely N-dealkylation sites (N-methyl/N-ethyl adjacent to an activating group) is 1. The van der Waals surface area contributed by atoms with Crippen molar-refractivity contribution in [2.24, 2.45) is 0 Å². The summed E-state index contributed by atoms with van der Waals surface area (Å²) in [6, 6.07) is 4.11. The topological polar surface area (TPSA) is 32.3 Å². The fourth-order valence-corrected chi connectivity index (χ4v) is 2.57. The van der Waals surface area contributed by atoms with Crippen LogP contribution in [0.3, 0.4) is 0 Å². The van der Waals surface area contributed by atoms with Gasteiger partial charge in [-0.2, -0.15) is 0 Å². The minimum atomic E-state index is -0.176. The van der Waals surface area contributed by atoms with E-state index in [0.717, 1.165) is 22.3 Å². The molecule has 0 aliphatic heterocycles. The van der Waals surface area contributed by atoms with E-state index in [1.807, 2.05) is 33.2 Å². The largest absolute Gasteiger partial charge is 0.376 e. The van der Waals surface area contributed by atoms with Gasteiger partial charge in [-0.3, -0.25) is 0 Å². The van der Waals surface area contributed by atoms with E-state index in [1.165, 1.54) is 0 Å². The molecule has 0 bridgehead atoms. The van der Waals surface area contributed by atoms with Crippen LogP contribution in [-0.2, 0) is 0 Å². The average Bonchev–Trinajstić information content (AvgIpc) is 2.44. The summed E-state index contributed by atoms with van der Waals surface area (Å²) in [5.41, 5.74) is 2.82. The van der Waals surface area contributed by atoms with Crippen LogP contribution in [-0.4, -0.2) is 36.6 Å². The first-order valence-corrected chi connectivity index (χ1v) is 7.58. The van der Waals surface area contributed by atoms with Gasteiger partial charge in [0.15, 0.2) is 0 Å².